The lowest BCUT2D eigenvalue weighted by Gasteiger charge is -2.14. The number of benzene rings is 1. The minimum absolute atomic E-state index is 0.0134. The van der Waals surface area contributed by atoms with E-state index >= 15 is 0 Å². The van der Waals surface area contributed by atoms with E-state index in [0.717, 1.165) is 12.1 Å². The Morgan fingerprint density at radius 1 is 1.43 bits per heavy atom. The van der Waals surface area contributed by atoms with Gasteiger partial charge in [0, 0.05) is 12.1 Å². The highest BCUT2D eigenvalue weighted by Gasteiger charge is 2.34. The molecule has 0 aliphatic rings. The van der Waals surface area contributed by atoms with E-state index in [1.165, 1.54) is 24.0 Å². The Morgan fingerprint density at radius 2 is 2.10 bits per heavy atom. The summed E-state index contributed by atoms with van der Waals surface area (Å²) in [7, 11) is 1.51. The fraction of sp³-hybridized carbons (Fsp3) is 0.167. The summed E-state index contributed by atoms with van der Waals surface area (Å²) in [4.78, 5) is 12.0. The highest BCUT2D eigenvalue weighted by atomic mass is 35.5. The van der Waals surface area contributed by atoms with Gasteiger partial charge in [0.05, 0.1) is 17.4 Å². The molecule has 9 heteroatoms. The average Bonchev–Trinajstić information content (AvgIpc) is 2.71. The zero-order valence-electron chi connectivity index (χ0n) is 10.7. The van der Waals surface area contributed by atoms with Crippen molar-refractivity contribution >= 4 is 29.0 Å². The van der Waals surface area contributed by atoms with E-state index in [0.29, 0.717) is 0 Å². The predicted molar refractivity (Wildman–Crippen MR) is 72.0 cm³/mol. The summed E-state index contributed by atoms with van der Waals surface area (Å²) in [5.74, 6) is -0.733. The molecule has 2 rings (SSSR count). The molecule has 0 unspecified atom stereocenters. The lowest BCUT2D eigenvalue weighted by Crippen LogP contribution is -2.17. The minimum Gasteiger partial charge on any atom is -0.383 e. The number of nitrogens with two attached hydrogens (primary N) is 1. The molecule has 1 heterocycles. The van der Waals surface area contributed by atoms with Crippen LogP contribution in [0.1, 0.15) is 15.9 Å². The second kappa shape index (κ2) is 5.28. The number of nitrogens with zero attached hydrogens (tertiary/aromatic N) is 2. The van der Waals surface area contributed by atoms with Crippen LogP contribution in [0, 0.1) is 0 Å². The average molecular weight is 319 g/mol. The largest absolute Gasteiger partial charge is 0.418 e. The maximum absolute atomic E-state index is 12.9. The van der Waals surface area contributed by atoms with Crippen LogP contribution in [-0.4, -0.2) is 15.7 Å². The van der Waals surface area contributed by atoms with Gasteiger partial charge in [0.2, 0.25) is 0 Å². The lowest BCUT2D eigenvalue weighted by atomic mass is 10.1. The van der Waals surface area contributed by atoms with Crippen LogP contribution in [0.15, 0.2) is 24.4 Å². The second-order valence-corrected chi connectivity index (χ2v) is 4.65. The Bertz CT molecular complexity index is 696. The van der Waals surface area contributed by atoms with Crippen molar-refractivity contribution in [3.05, 3.63) is 40.5 Å². The first-order chi connectivity index (χ1) is 9.70. The number of hydrogen-bond donors (Lipinski definition) is 2. The molecule has 0 bridgehead atoms. The van der Waals surface area contributed by atoms with Crippen LogP contribution in [0.4, 0.5) is 24.7 Å². The number of amides is 1. The third kappa shape index (κ3) is 3.10. The molecule has 0 fully saturated rings. The fourth-order valence-corrected chi connectivity index (χ4v) is 1.84. The minimum atomic E-state index is -4.64. The molecule has 1 amide bonds. The molecule has 0 saturated heterocycles. The van der Waals surface area contributed by atoms with Gasteiger partial charge in [-0.05, 0) is 18.2 Å². The first-order valence-corrected chi connectivity index (χ1v) is 6.03. The SMILES string of the molecule is Cn1ncc(C(=O)Nc2ccc(Cl)cc2C(F)(F)F)c1N. The number of carbonyl (C=O) groups is 1. The molecule has 0 aliphatic carbocycles. The Labute approximate surface area is 122 Å². The van der Waals surface area contributed by atoms with E-state index in [1.54, 1.807) is 0 Å². The van der Waals surface area contributed by atoms with Crippen molar-refractivity contribution in [2.45, 2.75) is 6.18 Å². The van der Waals surface area contributed by atoms with E-state index in [1.807, 2.05) is 0 Å². The van der Waals surface area contributed by atoms with Gasteiger partial charge in [-0.25, -0.2) is 0 Å². The van der Waals surface area contributed by atoms with E-state index in [-0.39, 0.29) is 16.4 Å². The molecule has 2 aromatic rings. The van der Waals surface area contributed by atoms with Crippen LogP contribution in [-0.2, 0) is 13.2 Å². The summed E-state index contributed by atoms with van der Waals surface area (Å²) in [6, 6.07) is 3.07. The number of anilines is 2. The van der Waals surface area contributed by atoms with Gasteiger partial charge in [0.25, 0.3) is 5.91 Å². The summed E-state index contributed by atoms with van der Waals surface area (Å²) in [5, 5.41) is 5.83. The van der Waals surface area contributed by atoms with Crippen molar-refractivity contribution in [3.8, 4) is 0 Å². The zero-order valence-corrected chi connectivity index (χ0v) is 11.5. The topological polar surface area (TPSA) is 72.9 Å². The van der Waals surface area contributed by atoms with E-state index in [9.17, 15) is 18.0 Å². The van der Waals surface area contributed by atoms with Crippen LogP contribution in [0.3, 0.4) is 0 Å². The molecule has 0 spiro atoms. The lowest BCUT2D eigenvalue weighted by molar-refractivity contribution is -0.136. The Morgan fingerprint density at radius 3 is 2.62 bits per heavy atom. The molecule has 1 aromatic heterocycles. The molecule has 21 heavy (non-hydrogen) atoms. The van der Waals surface area contributed by atoms with Gasteiger partial charge in [-0.15, -0.1) is 0 Å². The normalized spacial score (nSPS) is 11.5. The highest BCUT2D eigenvalue weighted by Crippen LogP contribution is 2.36. The van der Waals surface area contributed by atoms with E-state index in [2.05, 4.69) is 10.4 Å². The number of nitrogens with one attached hydrogen (secondary N) is 1. The quantitative estimate of drug-likeness (QED) is 0.894. The molecule has 5 nitrogen and oxygen atoms in total. The second-order valence-electron chi connectivity index (χ2n) is 4.21. The van der Waals surface area contributed by atoms with Gasteiger partial charge in [0.15, 0.2) is 0 Å². The summed E-state index contributed by atoms with van der Waals surface area (Å²) in [6.07, 6.45) is -3.47. The highest BCUT2D eigenvalue weighted by molar-refractivity contribution is 6.30. The van der Waals surface area contributed by atoms with Gasteiger partial charge < -0.3 is 11.1 Å². The van der Waals surface area contributed by atoms with Gasteiger partial charge >= 0.3 is 6.18 Å². The van der Waals surface area contributed by atoms with Crippen molar-refractivity contribution in [2.24, 2.45) is 7.05 Å². The molecular formula is C12H10ClF3N4O. The smallest absolute Gasteiger partial charge is 0.383 e. The number of alkyl halides is 3. The third-order valence-electron chi connectivity index (χ3n) is 2.76. The van der Waals surface area contributed by atoms with Gasteiger partial charge in [-0.2, -0.15) is 18.3 Å². The maximum Gasteiger partial charge on any atom is 0.418 e. The van der Waals surface area contributed by atoms with Crippen molar-refractivity contribution in [1.29, 1.82) is 0 Å². The monoisotopic (exact) mass is 318 g/mol. The Kier molecular flexibility index (Phi) is 3.82. The van der Waals surface area contributed by atoms with Crippen LogP contribution >= 0.6 is 11.6 Å². The maximum atomic E-state index is 12.9. The molecule has 0 saturated carbocycles. The van der Waals surface area contributed by atoms with Crippen LogP contribution < -0.4 is 11.1 Å². The van der Waals surface area contributed by atoms with Crippen LogP contribution in [0.5, 0.6) is 0 Å². The first kappa shape index (κ1) is 15.2. The van der Waals surface area contributed by atoms with Gasteiger partial charge in [0.1, 0.15) is 11.4 Å². The van der Waals surface area contributed by atoms with Crippen molar-refractivity contribution in [1.82, 2.24) is 9.78 Å². The van der Waals surface area contributed by atoms with Crippen molar-refractivity contribution in [2.75, 3.05) is 11.1 Å². The summed E-state index contributed by atoms with van der Waals surface area (Å²) >= 11 is 5.56. The van der Waals surface area contributed by atoms with E-state index in [4.69, 9.17) is 17.3 Å². The molecule has 3 N–H and O–H groups in total. The molecule has 0 atom stereocenters. The van der Waals surface area contributed by atoms with Gasteiger partial charge in [-0.1, -0.05) is 11.6 Å². The summed E-state index contributed by atoms with van der Waals surface area (Å²) < 4.78 is 40.0. The number of aryl methyl sites for hydroxylation is 1. The Hall–Kier alpha value is -2.22. The predicted octanol–water partition coefficient (Wildman–Crippen LogP) is 2.93. The number of hydrogen-bond acceptors (Lipinski definition) is 3. The van der Waals surface area contributed by atoms with E-state index < -0.39 is 23.3 Å². The zero-order chi connectivity index (χ0) is 15.8. The van der Waals surface area contributed by atoms with Crippen LogP contribution in [0.2, 0.25) is 5.02 Å². The summed E-state index contributed by atoms with van der Waals surface area (Å²) in [5.41, 5.74) is 4.15. The number of aromatic nitrogens is 2. The number of nitrogen functional groups attached to an aromatic ring is 1. The standard InChI is InChI=1S/C12H10ClF3N4O/c1-20-10(17)7(5-18-20)11(21)19-9-3-2-6(13)4-8(9)12(14,15)16/h2-5H,17H2,1H3,(H,19,21). The number of carbonyl (C=O) groups excluding carboxylic acids is 1. The molecule has 1 aromatic carbocycles. The molecule has 0 aliphatic heterocycles. The molecular weight excluding hydrogens is 309 g/mol. The van der Waals surface area contributed by atoms with Crippen LogP contribution in [0.25, 0.3) is 0 Å². The fourth-order valence-electron chi connectivity index (χ4n) is 1.67. The molecule has 0 radical (unpaired) electrons. The van der Waals surface area contributed by atoms with Gasteiger partial charge in [-0.3, -0.25) is 9.48 Å². The van der Waals surface area contributed by atoms with Crippen molar-refractivity contribution < 1.29 is 18.0 Å². The van der Waals surface area contributed by atoms with Crippen molar-refractivity contribution in [3.63, 3.8) is 0 Å². The number of halogens is 4. The third-order valence-corrected chi connectivity index (χ3v) is 3.00. The first-order valence-electron chi connectivity index (χ1n) is 5.65. The Balaban J connectivity index is 2.36. The number of rotatable bonds is 2. The molecule has 112 valence electrons. The summed E-state index contributed by atoms with van der Waals surface area (Å²) in [6.45, 7) is 0.